The van der Waals surface area contributed by atoms with Gasteiger partial charge in [0.2, 0.25) is 0 Å². The molecule has 1 saturated carbocycles. The molecule has 0 radical (unpaired) electrons. The average molecular weight is 496 g/mol. The lowest BCUT2D eigenvalue weighted by Crippen LogP contribution is -2.47. The van der Waals surface area contributed by atoms with E-state index in [2.05, 4.69) is 21.0 Å². The number of hydrogen-bond donors (Lipinski definition) is 0. The molecule has 194 valence electrons. The Labute approximate surface area is 214 Å². The number of para-hydroxylation sites is 2. The highest BCUT2D eigenvalue weighted by Crippen LogP contribution is 2.35. The lowest BCUT2D eigenvalue weighted by atomic mass is 9.77. The van der Waals surface area contributed by atoms with Crippen molar-refractivity contribution in [2.75, 3.05) is 44.7 Å². The highest BCUT2D eigenvalue weighted by Gasteiger charge is 2.31. The summed E-state index contributed by atoms with van der Waals surface area (Å²) in [7, 11) is 1.71. The van der Waals surface area contributed by atoms with Crippen LogP contribution < -0.4 is 9.64 Å². The monoisotopic (exact) mass is 495 g/mol. The number of anilines is 1. The average Bonchev–Trinajstić information content (AvgIpc) is 2.91. The third kappa shape index (κ3) is 6.64. The second-order valence-corrected chi connectivity index (χ2v) is 9.80. The number of rotatable bonds is 9. The van der Waals surface area contributed by atoms with Gasteiger partial charge in [-0.1, -0.05) is 54.8 Å². The molecular formula is C29H38FN3O3. The van der Waals surface area contributed by atoms with Crippen LogP contribution in [0.1, 0.15) is 56.9 Å². The van der Waals surface area contributed by atoms with Crippen LogP contribution in [0, 0.1) is 11.7 Å². The van der Waals surface area contributed by atoms with Crippen LogP contribution in [0.4, 0.5) is 10.1 Å². The summed E-state index contributed by atoms with van der Waals surface area (Å²) in [5.74, 6) is 0.216. The molecule has 6 nitrogen and oxygen atoms in total. The van der Waals surface area contributed by atoms with E-state index in [0.717, 1.165) is 82.0 Å². The van der Waals surface area contributed by atoms with Crippen molar-refractivity contribution >= 4 is 17.4 Å². The second kappa shape index (κ2) is 12.9. The third-order valence-electron chi connectivity index (χ3n) is 7.47. The van der Waals surface area contributed by atoms with Crippen molar-refractivity contribution in [2.24, 2.45) is 11.1 Å². The van der Waals surface area contributed by atoms with Gasteiger partial charge >= 0.3 is 5.97 Å². The normalized spacial score (nSPS) is 18.6. The zero-order valence-electron chi connectivity index (χ0n) is 21.5. The Kier molecular flexibility index (Phi) is 9.34. The van der Waals surface area contributed by atoms with Gasteiger partial charge in [0.1, 0.15) is 11.6 Å². The van der Waals surface area contributed by atoms with Crippen LogP contribution in [0.15, 0.2) is 53.7 Å². The first-order chi connectivity index (χ1) is 17.6. The van der Waals surface area contributed by atoms with Gasteiger partial charge in [0, 0.05) is 44.9 Å². The largest absolute Gasteiger partial charge is 0.495 e. The highest BCUT2D eigenvalue weighted by atomic mass is 19.1. The zero-order chi connectivity index (χ0) is 25.3. The van der Waals surface area contributed by atoms with E-state index in [0.29, 0.717) is 5.56 Å². The molecule has 1 heterocycles. The maximum Gasteiger partial charge on any atom is 0.331 e. The van der Waals surface area contributed by atoms with E-state index in [4.69, 9.17) is 9.57 Å². The second-order valence-electron chi connectivity index (χ2n) is 9.80. The van der Waals surface area contributed by atoms with Gasteiger partial charge in [0.05, 0.1) is 18.5 Å². The molecule has 1 atom stereocenters. The maximum absolute atomic E-state index is 15.0. The number of piperazine rings is 1. The van der Waals surface area contributed by atoms with Crippen molar-refractivity contribution in [1.29, 1.82) is 0 Å². The Bertz CT molecular complexity index is 1030. The minimum absolute atomic E-state index is 0.213. The standard InChI is InChI=1S/C29H38FN3O3/c1-22(34)36-31-29(23-10-4-3-5-11-23)25(24-12-6-7-13-26(24)30)16-17-32-18-20-33(21-19-32)27-14-8-9-15-28(27)35-2/h6-9,12-15,23,25H,3-5,10-11,16-21H2,1-2H3/b31-29+. The van der Waals surface area contributed by atoms with E-state index in [1.165, 1.54) is 19.4 Å². The Morgan fingerprint density at radius 2 is 1.72 bits per heavy atom. The molecule has 0 spiro atoms. The van der Waals surface area contributed by atoms with Crippen molar-refractivity contribution in [3.8, 4) is 5.75 Å². The van der Waals surface area contributed by atoms with Crippen LogP contribution in [0.3, 0.4) is 0 Å². The van der Waals surface area contributed by atoms with Crippen LogP contribution in [0.5, 0.6) is 5.75 Å². The van der Waals surface area contributed by atoms with E-state index in [9.17, 15) is 4.79 Å². The summed E-state index contributed by atoms with van der Waals surface area (Å²) in [5.41, 5.74) is 2.58. The topological polar surface area (TPSA) is 54.4 Å². The predicted molar refractivity (Wildman–Crippen MR) is 141 cm³/mol. The van der Waals surface area contributed by atoms with Crippen molar-refractivity contribution in [3.05, 3.63) is 59.9 Å². The summed E-state index contributed by atoms with van der Waals surface area (Å²) < 4.78 is 20.6. The molecule has 2 aromatic rings. The highest BCUT2D eigenvalue weighted by molar-refractivity contribution is 5.93. The van der Waals surface area contributed by atoms with Gasteiger partial charge in [-0.2, -0.15) is 0 Å². The molecule has 0 N–H and O–H groups in total. The lowest BCUT2D eigenvalue weighted by molar-refractivity contribution is -0.141. The molecule has 0 amide bonds. The summed E-state index contributed by atoms with van der Waals surface area (Å²) in [4.78, 5) is 21.6. The fraction of sp³-hybridized carbons (Fsp3) is 0.517. The van der Waals surface area contributed by atoms with Crippen molar-refractivity contribution in [1.82, 2.24) is 4.90 Å². The van der Waals surface area contributed by atoms with Gasteiger partial charge in [-0.25, -0.2) is 9.18 Å². The molecule has 1 aliphatic carbocycles. The Hall–Kier alpha value is -2.93. The van der Waals surface area contributed by atoms with Crippen LogP contribution in [-0.2, 0) is 9.63 Å². The smallest absolute Gasteiger partial charge is 0.331 e. The Balaban J connectivity index is 1.49. The molecule has 1 aliphatic heterocycles. The quantitative estimate of drug-likeness (QED) is 0.256. The molecular weight excluding hydrogens is 457 g/mol. The number of hydrogen-bond acceptors (Lipinski definition) is 6. The molecule has 36 heavy (non-hydrogen) atoms. The van der Waals surface area contributed by atoms with Gasteiger partial charge in [-0.3, -0.25) is 4.90 Å². The number of carbonyl (C=O) groups excluding carboxylic acids is 1. The molecule has 1 saturated heterocycles. The number of carbonyl (C=O) groups is 1. The molecule has 2 aromatic carbocycles. The van der Waals surface area contributed by atoms with E-state index >= 15 is 4.39 Å². The van der Waals surface area contributed by atoms with Gasteiger partial charge in [0.15, 0.2) is 0 Å². The lowest BCUT2D eigenvalue weighted by Gasteiger charge is -2.37. The van der Waals surface area contributed by atoms with Crippen LogP contribution in [-0.4, -0.2) is 56.4 Å². The van der Waals surface area contributed by atoms with Crippen molar-refractivity contribution < 1.29 is 18.8 Å². The molecule has 2 fully saturated rings. The number of halogens is 1. The van der Waals surface area contributed by atoms with E-state index in [1.807, 2.05) is 30.3 Å². The third-order valence-corrected chi connectivity index (χ3v) is 7.47. The number of oxime groups is 1. The summed E-state index contributed by atoms with van der Waals surface area (Å²) >= 11 is 0. The molecule has 0 aromatic heterocycles. The van der Waals surface area contributed by atoms with Crippen molar-refractivity contribution in [2.45, 2.75) is 51.4 Å². The van der Waals surface area contributed by atoms with E-state index in [-0.39, 0.29) is 17.7 Å². The Morgan fingerprint density at radius 1 is 1.03 bits per heavy atom. The minimum atomic E-state index is -0.442. The summed E-state index contributed by atoms with van der Waals surface area (Å²) in [5, 5.41) is 4.36. The van der Waals surface area contributed by atoms with Gasteiger partial charge in [-0.15, -0.1) is 0 Å². The molecule has 1 unspecified atom stereocenters. The molecule has 7 heteroatoms. The predicted octanol–water partition coefficient (Wildman–Crippen LogP) is 5.63. The first-order valence-corrected chi connectivity index (χ1v) is 13.2. The maximum atomic E-state index is 15.0. The molecule has 2 aliphatic rings. The molecule has 0 bridgehead atoms. The zero-order valence-corrected chi connectivity index (χ0v) is 21.5. The Morgan fingerprint density at radius 3 is 2.42 bits per heavy atom. The van der Waals surface area contributed by atoms with E-state index < -0.39 is 5.97 Å². The summed E-state index contributed by atoms with van der Waals surface area (Å²) in [6, 6.07) is 15.1. The fourth-order valence-corrected chi connectivity index (χ4v) is 5.57. The van der Waals surface area contributed by atoms with Crippen LogP contribution >= 0.6 is 0 Å². The van der Waals surface area contributed by atoms with Crippen molar-refractivity contribution in [3.63, 3.8) is 0 Å². The van der Waals surface area contributed by atoms with Gasteiger partial charge < -0.3 is 14.5 Å². The molecule has 4 rings (SSSR count). The van der Waals surface area contributed by atoms with Crippen LogP contribution in [0.2, 0.25) is 0 Å². The summed E-state index contributed by atoms with van der Waals surface area (Å²) in [6.45, 7) is 5.83. The van der Waals surface area contributed by atoms with Gasteiger partial charge in [-0.05, 0) is 49.6 Å². The number of ether oxygens (including phenoxy) is 1. The first kappa shape index (κ1) is 26.1. The van der Waals surface area contributed by atoms with Crippen LogP contribution in [0.25, 0.3) is 0 Å². The SMILES string of the molecule is COc1ccccc1N1CCN(CCC(/C(=N/OC(C)=O)C2CCCCC2)c2ccccc2F)CC1. The fourth-order valence-electron chi connectivity index (χ4n) is 5.57. The number of methoxy groups -OCH3 is 1. The first-order valence-electron chi connectivity index (χ1n) is 13.2. The van der Waals surface area contributed by atoms with E-state index in [1.54, 1.807) is 13.2 Å². The summed E-state index contributed by atoms with van der Waals surface area (Å²) in [6.07, 6.45) is 6.19. The number of benzene rings is 2. The van der Waals surface area contributed by atoms with Gasteiger partial charge in [0.25, 0.3) is 0 Å². The number of nitrogens with zero attached hydrogens (tertiary/aromatic N) is 3. The minimum Gasteiger partial charge on any atom is -0.495 e.